The van der Waals surface area contributed by atoms with E-state index in [0.29, 0.717) is 18.1 Å². The van der Waals surface area contributed by atoms with Gasteiger partial charge in [-0.05, 0) is 18.2 Å². The second-order valence-corrected chi connectivity index (χ2v) is 4.89. The van der Waals surface area contributed by atoms with Gasteiger partial charge in [-0.3, -0.25) is 0 Å². The second-order valence-electron chi connectivity index (χ2n) is 4.03. The molecule has 1 aromatic carbocycles. The van der Waals surface area contributed by atoms with E-state index in [-0.39, 0.29) is 0 Å². The van der Waals surface area contributed by atoms with Crippen LogP contribution in [0.25, 0.3) is 11.3 Å². The molecule has 1 heterocycles. The minimum absolute atomic E-state index is 0.658. The molecule has 0 aliphatic rings. The first-order chi connectivity index (χ1) is 9.78. The molecule has 6 heteroatoms. The van der Waals surface area contributed by atoms with Gasteiger partial charge in [0.2, 0.25) is 0 Å². The highest BCUT2D eigenvalue weighted by molar-refractivity contribution is 7.14. The lowest BCUT2D eigenvalue weighted by atomic mass is 10.1. The van der Waals surface area contributed by atoms with Crippen LogP contribution in [-0.4, -0.2) is 39.5 Å². The number of benzene rings is 1. The number of methoxy groups -OCH3 is 3. The summed E-state index contributed by atoms with van der Waals surface area (Å²) in [6.07, 6.45) is 0. The van der Waals surface area contributed by atoms with Gasteiger partial charge in [0.15, 0.2) is 16.6 Å². The van der Waals surface area contributed by atoms with Crippen LogP contribution in [0.3, 0.4) is 0 Å². The van der Waals surface area contributed by atoms with E-state index in [9.17, 15) is 0 Å². The predicted octanol–water partition coefficient (Wildman–Crippen LogP) is 2.89. The Hall–Kier alpha value is -1.79. The lowest BCUT2D eigenvalue weighted by molar-refractivity contribution is 0.211. The van der Waals surface area contributed by atoms with E-state index in [1.807, 2.05) is 23.6 Å². The number of ether oxygens (including phenoxy) is 3. The maximum Gasteiger partial charge on any atom is 0.183 e. The maximum absolute atomic E-state index is 5.30. The van der Waals surface area contributed by atoms with Gasteiger partial charge in [-0.2, -0.15) is 0 Å². The molecule has 0 spiro atoms. The molecule has 108 valence electrons. The first kappa shape index (κ1) is 14.6. The first-order valence-corrected chi connectivity index (χ1v) is 7.07. The average Bonchev–Trinajstić information content (AvgIpc) is 2.95. The number of rotatable bonds is 7. The van der Waals surface area contributed by atoms with Crippen molar-refractivity contribution >= 4 is 16.5 Å². The number of anilines is 1. The summed E-state index contributed by atoms with van der Waals surface area (Å²) < 4.78 is 15.5. The fourth-order valence-corrected chi connectivity index (χ4v) is 2.49. The van der Waals surface area contributed by atoms with E-state index in [2.05, 4.69) is 10.3 Å². The van der Waals surface area contributed by atoms with Crippen LogP contribution >= 0.6 is 11.3 Å². The summed E-state index contributed by atoms with van der Waals surface area (Å²) in [5.41, 5.74) is 1.91. The zero-order chi connectivity index (χ0) is 14.4. The van der Waals surface area contributed by atoms with Crippen molar-refractivity contribution in [3.63, 3.8) is 0 Å². The van der Waals surface area contributed by atoms with Crippen LogP contribution in [-0.2, 0) is 4.74 Å². The lowest BCUT2D eigenvalue weighted by Crippen LogP contribution is -2.07. The largest absolute Gasteiger partial charge is 0.493 e. The average molecular weight is 294 g/mol. The molecule has 2 rings (SSSR count). The van der Waals surface area contributed by atoms with Gasteiger partial charge >= 0.3 is 0 Å². The van der Waals surface area contributed by atoms with Crippen LogP contribution in [0.4, 0.5) is 5.13 Å². The Kier molecular flexibility index (Phi) is 5.20. The Morgan fingerprint density at radius 3 is 2.65 bits per heavy atom. The van der Waals surface area contributed by atoms with Crippen LogP contribution in [0.2, 0.25) is 0 Å². The fraction of sp³-hybridized carbons (Fsp3) is 0.357. The molecule has 5 nitrogen and oxygen atoms in total. The third kappa shape index (κ3) is 3.40. The summed E-state index contributed by atoms with van der Waals surface area (Å²) >= 11 is 1.57. The monoisotopic (exact) mass is 294 g/mol. The van der Waals surface area contributed by atoms with Crippen LogP contribution in [0, 0.1) is 0 Å². The molecular weight excluding hydrogens is 276 g/mol. The SMILES string of the molecule is COCCNc1nc(-c2ccc(OC)c(OC)c2)cs1. The van der Waals surface area contributed by atoms with Crippen molar-refractivity contribution in [1.82, 2.24) is 4.98 Å². The van der Waals surface area contributed by atoms with Crippen LogP contribution in [0.1, 0.15) is 0 Å². The molecule has 2 aromatic rings. The van der Waals surface area contributed by atoms with Crippen molar-refractivity contribution in [2.75, 3.05) is 39.8 Å². The molecule has 0 aliphatic heterocycles. The molecular formula is C14H18N2O3S. The minimum Gasteiger partial charge on any atom is -0.493 e. The maximum atomic E-state index is 5.30. The van der Waals surface area contributed by atoms with Crippen molar-refractivity contribution in [2.24, 2.45) is 0 Å². The van der Waals surface area contributed by atoms with E-state index < -0.39 is 0 Å². The van der Waals surface area contributed by atoms with E-state index in [1.165, 1.54) is 0 Å². The summed E-state index contributed by atoms with van der Waals surface area (Å²) in [5.74, 6) is 1.41. The zero-order valence-electron chi connectivity index (χ0n) is 11.8. The fourth-order valence-electron chi connectivity index (χ4n) is 1.74. The molecule has 0 radical (unpaired) electrons. The number of thiazole rings is 1. The summed E-state index contributed by atoms with van der Waals surface area (Å²) in [4.78, 5) is 4.54. The lowest BCUT2D eigenvalue weighted by Gasteiger charge is -2.08. The predicted molar refractivity (Wildman–Crippen MR) is 81.0 cm³/mol. The molecule has 0 unspecified atom stereocenters. The highest BCUT2D eigenvalue weighted by Crippen LogP contribution is 2.33. The van der Waals surface area contributed by atoms with Gasteiger partial charge in [-0.15, -0.1) is 11.3 Å². The molecule has 1 aromatic heterocycles. The molecule has 0 aliphatic carbocycles. The number of hydrogen-bond donors (Lipinski definition) is 1. The van der Waals surface area contributed by atoms with Crippen molar-refractivity contribution in [3.8, 4) is 22.8 Å². The number of aromatic nitrogens is 1. The van der Waals surface area contributed by atoms with Gasteiger partial charge in [0.05, 0.1) is 26.5 Å². The van der Waals surface area contributed by atoms with Gasteiger partial charge in [0, 0.05) is 24.6 Å². The molecule has 0 saturated heterocycles. The van der Waals surface area contributed by atoms with Gasteiger partial charge < -0.3 is 19.5 Å². The van der Waals surface area contributed by atoms with Gasteiger partial charge in [0.25, 0.3) is 0 Å². The summed E-state index contributed by atoms with van der Waals surface area (Å²) in [6, 6.07) is 5.77. The van der Waals surface area contributed by atoms with Crippen molar-refractivity contribution in [3.05, 3.63) is 23.6 Å². The third-order valence-electron chi connectivity index (χ3n) is 2.77. The molecule has 0 saturated carbocycles. The molecule has 20 heavy (non-hydrogen) atoms. The van der Waals surface area contributed by atoms with E-state index in [4.69, 9.17) is 14.2 Å². The molecule has 0 atom stereocenters. The quantitative estimate of drug-likeness (QED) is 0.796. The van der Waals surface area contributed by atoms with Crippen LogP contribution < -0.4 is 14.8 Å². The van der Waals surface area contributed by atoms with Crippen LogP contribution in [0.5, 0.6) is 11.5 Å². The highest BCUT2D eigenvalue weighted by atomic mass is 32.1. The van der Waals surface area contributed by atoms with Crippen molar-refractivity contribution in [2.45, 2.75) is 0 Å². The summed E-state index contributed by atoms with van der Waals surface area (Å²) in [5, 5.41) is 6.10. The Bertz CT molecular complexity index is 557. The number of hydrogen-bond acceptors (Lipinski definition) is 6. The zero-order valence-corrected chi connectivity index (χ0v) is 12.6. The Balaban J connectivity index is 2.15. The van der Waals surface area contributed by atoms with E-state index in [0.717, 1.165) is 22.9 Å². The van der Waals surface area contributed by atoms with Gasteiger partial charge in [0.1, 0.15) is 0 Å². The molecule has 0 bridgehead atoms. The molecule has 1 N–H and O–H groups in total. The first-order valence-electron chi connectivity index (χ1n) is 6.19. The molecule has 0 fully saturated rings. The third-order valence-corrected chi connectivity index (χ3v) is 3.57. The van der Waals surface area contributed by atoms with Crippen molar-refractivity contribution in [1.29, 1.82) is 0 Å². The summed E-state index contributed by atoms with van der Waals surface area (Å²) in [6.45, 7) is 1.40. The standard InChI is InChI=1S/C14H18N2O3S/c1-17-7-6-15-14-16-11(9-20-14)10-4-5-12(18-2)13(8-10)19-3/h4-5,8-9H,6-7H2,1-3H3,(H,15,16). The smallest absolute Gasteiger partial charge is 0.183 e. The van der Waals surface area contributed by atoms with Gasteiger partial charge in [-0.25, -0.2) is 4.98 Å². The van der Waals surface area contributed by atoms with E-state index in [1.54, 1.807) is 32.7 Å². The van der Waals surface area contributed by atoms with E-state index >= 15 is 0 Å². The number of nitrogens with zero attached hydrogens (tertiary/aromatic N) is 1. The Labute approximate surface area is 122 Å². The van der Waals surface area contributed by atoms with Crippen LogP contribution in [0.15, 0.2) is 23.6 Å². The topological polar surface area (TPSA) is 52.6 Å². The number of nitrogens with one attached hydrogen (secondary N) is 1. The molecule has 0 amide bonds. The Morgan fingerprint density at radius 1 is 1.15 bits per heavy atom. The van der Waals surface area contributed by atoms with Gasteiger partial charge in [-0.1, -0.05) is 0 Å². The summed E-state index contributed by atoms with van der Waals surface area (Å²) in [7, 11) is 4.93. The van der Waals surface area contributed by atoms with Crippen molar-refractivity contribution < 1.29 is 14.2 Å². The second kappa shape index (κ2) is 7.12. The normalized spacial score (nSPS) is 10.3. The highest BCUT2D eigenvalue weighted by Gasteiger charge is 2.09. The Morgan fingerprint density at radius 2 is 1.95 bits per heavy atom. The minimum atomic E-state index is 0.658.